The molecule has 1 saturated heterocycles. The van der Waals surface area contributed by atoms with Crippen molar-refractivity contribution in [2.75, 3.05) is 13.1 Å². The maximum Gasteiger partial charge on any atom is 0.303 e. The number of hydrogen-bond acceptors (Lipinski definition) is 4. The molecule has 102 valence electrons. The third-order valence-corrected chi connectivity index (χ3v) is 3.48. The van der Waals surface area contributed by atoms with Gasteiger partial charge >= 0.3 is 5.97 Å². The number of amides is 1. The molecule has 1 fully saturated rings. The summed E-state index contributed by atoms with van der Waals surface area (Å²) in [5.74, 6) is -0.385. The van der Waals surface area contributed by atoms with Crippen LogP contribution >= 0.6 is 0 Å². The van der Waals surface area contributed by atoms with Crippen molar-refractivity contribution in [3.8, 4) is 0 Å². The number of likely N-dealkylation sites (tertiary alicyclic amines) is 1. The van der Waals surface area contributed by atoms with Crippen molar-refractivity contribution >= 4 is 11.9 Å². The van der Waals surface area contributed by atoms with Gasteiger partial charge in [-0.3, -0.25) is 9.59 Å². The molecule has 0 aliphatic carbocycles. The number of carbonyl (C=O) groups excluding carboxylic acids is 1. The van der Waals surface area contributed by atoms with E-state index in [-0.39, 0.29) is 12.3 Å². The van der Waals surface area contributed by atoms with E-state index in [2.05, 4.69) is 9.97 Å². The third kappa shape index (κ3) is 3.74. The molecule has 6 heteroatoms. The van der Waals surface area contributed by atoms with Crippen LogP contribution in [-0.2, 0) is 4.79 Å². The Kier molecular flexibility index (Phi) is 4.43. The normalized spacial score (nSPS) is 16.3. The lowest BCUT2D eigenvalue weighted by Gasteiger charge is -2.31. The van der Waals surface area contributed by atoms with Crippen LogP contribution in [0.3, 0.4) is 0 Å². The third-order valence-electron chi connectivity index (χ3n) is 3.48. The lowest BCUT2D eigenvalue weighted by atomic mass is 9.92. The molecule has 0 aromatic carbocycles. The van der Waals surface area contributed by atoms with Crippen LogP contribution in [0.4, 0.5) is 0 Å². The maximum atomic E-state index is 12.1. The van der Waals surface area contributed by atoms with Crippen LogP contribution in [0.2, 0.25) is 0 Å². The first kappa shape index (κ1) is 13.5. The molecule has 1 aliphatic heterocycles. The second-order valence-corrected chi connectivity index (χ2v) is 4.80. The van der Waals surface area contributed by atoms with Crippen LogP contribution in [-0.4, -0.2) is 44.9 Å². The summed E-state index contributed by atoms with van der Waals surface area (Å²) in [5.41, 5.74) is 0.506. The molecule has 1 aliphatic rings. The number of aromatic nitrogens is 2. The standard InChI is InChI=1S/C13H17N3O3/c17-12(18)2-1-10-3-5-16(6-4-10)13(19)11-7-14-9-15-8-11/h7-10H,1-6H2,(H,17,18). The van der Waals surface area contributed by atoms with Gasteiger partial charge in [0.25, 0.3) is 5.91 Å². The minimum absolute atomic E-state index is 0.0442. The first-order valence-electron chi connectivity index (χ1n) is 6.43. The first-order valence-corrected chi connectivity index (χ1v) is 6.43. The smallest absolute Gasteiger partial charge is 0.303 e. The predicted octanol–water partition coefficient (Wildman–Crippen LogP) is 1.19. The van der Waals surface area contributed by atoms with E-state index in [1.165, 1.54) is 18.7 Å². The molecule has 1 aromatic heterocycles. The van der Waals surface area contributed by atoms with Gasteiger partial charge in [0.2, 0.25) is 0 Å². The van der Waals surface area contributed by atoms with E-state index in [4.69, 9.17) is 5.11 Å². The average molecular weight is 263 g/mol. The molecule has 0 spiro atoms. The van der Waals surface area contributed by atoms with Crippen molar-refractivity contribution in [2.45, 2.75) is 25.7 Å². The first-order chi connectivity index (χ1) is 9.16. The van der Waals surface area contributed by atoms with E-state index in [9.17, 15) is 9.59 Å². The fraction of sp³-hybridized carbons (Fsp3) is 0.538. The number of piperidine rings is 1. The highest BCUT2D eigenvalue weighted by Crippen LogP contribution is 2.22. The maximum absolute atomic E-state index is 12.1. The topological polar surface area (TPSA) is 83.4 Å². The molecule has 0 bridgehead atoms. The van der Waals surface area contributed by atoms with Crippen molar-refractivity contribution in [1.82, 2.24) is 14.9 Å². The minimum Gasteiger partial charge on any atom is -0.481 e. The van der Waals surface area contributed by atoms with Gasteiger partial charge < -0.3 is 10.0 Å². The quantitative estimate of drug-likeness (QED) is 0.882. The zero-order valence-corrected chi connectivity index (χ0v) is 10.7. The summed E-state index contributed by atoms with van der Waals surface area (Å²) in [6, 6.07) is 0. The van der Waals surface area contributed by atoms with E-state index in [1.807, 2.05) is 0 Å². The van der Waals surface area contributed by atoms with Gasteiger partial charge in [-0.05, 0) is 25.2 Å². The number of nitrogens with zero attached hydrogens (tertiary/aromatic N) is 3. The van der Waals surface area contributed by atoms with Crippen molar-refractivity contribution in [2.24, 2.45) is 5.92 Å². The van der Waals surface area contributed by atoms with Gasteiger partial charge in [-0.2, -0.15) is 0 Å². The number of carboxylic acid groups (broad SMARTS) is 1. The van der Waals surface area contributed by atoms with Gasteiger partial charge in [-0.25, -0.2) is 9.97 Å². The Morgan fingerprint density at radius 1 is 1.26 bits per heavy atom. The lowest BCUT2D eigenvalue weighted by Crippen LogP contribution is -2.38. The largest absolute Gasteiger partial charge is 0.481 e. The molecule has 2 rings (SSSR count). The molecule has 0 saturated carbocycles. The summed E-state index contributed by atoms with van der Waals surface area (Å²) in [6.07, 6.45) is 7.09. The van der Waals surface area contributed by atoms with E-state index >= 15 is 0 Å². The summed E-state index contributed by atoms with van der Waals surface area (Å²) in [7, 11) is 0. The Labute approximate surface area is 111 Å². The van der Waals surface area contributed by atoms with Crippen LogP contribution in [0.5, 0.6) is 0 Å². The Morgan fingerprint density at radius 3 is 2.47 bits per heavy atom. The second kappa shape index (κ2) is 6.26. The molecule has 1 aromatic rings. The molecule has 0 radical (unpaired) electrons. The Hall–Kier alpha value is -1.98. The van der Waals surface area contributed by atoms with Gasteiger partial charge in [-0.15, -0.1) is 0 Å². The van der Waals surface area contributed by atoms with Gasteiger partial charge in [0.1, 0.15) is 6.33 Å². The van der Waals surface area contributed by atoms with Crippen molar-refractivity contribution < 1.29 is 14.7 Å². The Morgan fingerprint density at radius 2 is 1.89 bits per heavy atom. The molecule has 19 heavy (non-hydrogen) atoms. The highest BCUT2D eigenvalue weighted by molar-refractivity contribution is 5.93. The Bertz CT molecular complexity index is 442. The summed E-state index contributed by atoms with van der Waals surface area (Å²) >= 11 is 0. The van der Waals surface area contributed by atoms with Crippen LogP contribution < -0.4 is 0 Å². The number of hydrogen-bond donors (Lipinski definition) is 1. The minimum atomic E-state index is -0.750. The fourth-order valence-electron chi connectivity index (χ4n) is 2.34. The van der Waals surface area contributed by atoms with Crippen molar-refractivity contribution in [3.05, 3.63) is 24.3 Å². The monoisotopic (exact) mass is 263 g/mol. The average Bonchev–Trinajstić information content (AvgIpc) is 2.46. The SMILES string of the molecule is O=C(O)CCC1CCN(C(=O)c2cncnc2)CC1. The van der Waals surface area contributed by atoms with Gasteiger partial charge in [-0.1, -0.05) is 0 Å². The van der Waals surface area contributed by atoms with Crippen LogP contribution in [0.1, 0.15) is 36.0 Å². The summed E-state index contributed by atoms with van der Waals surface area (Å²) in [6.45, 7) is 1.36. The zero-order valence-electron chi connectivity index (χ0n) is 10.7. The fourth-order valence-corrected chi connectivity index (χ4v) is 2.34. The van der Waals surface area contributed by atoms with Gasteiger partial charge in [0.05, 0.1) is 5.56 Å². The zero-order chi connectivity index (χ0) is 13.7. The van der Waals surface area contributed by atoms with Crippen LogP contribution in [0.25, 0.3) is 0 Å². The molecular weight excluding hydrogens is 246 g/mol. The van der Waals surface area contributed by atoms with E-state index in [1.54, 1.807) is 4.90 Å². The number of carbonyl (C=O) groups is 2. The van der Waals surface area contributed by atoms with Crippen molar-refractivity contribution in [1.29, 1.82) is 0 Å². The van der Waals surface area contributed by atoms with E-state index in [0.717, 1.165) is 12.8 Å². The molecular formula is C13H17N3O3. The van der Waals surface area contributed by atoms with Gasteiger partial charge in [0.15, 0.2) is 0 Å². The van der Waals surface area contributed by atoms with Crippen molar-refractivity contribution in [3.63, 3.8) is 0 Å². The predicted molar refractivity (Wildman–Crippen MR) is 67.5 cm³/mol. The summed E-state index contributed by atoms with van der Waals surface area (Å²) in [5, 5.41) is 8.65. The summed E-state index contributed by atoms with van der Waals surface area (Å²) < 4.78 is 0. The van der Waals surface area contributed by atoms with Crippen LogP contribution in [0, 0.1) is 5.92 Å². The molecule has 0 unspecified atom stereocenters. The molecule has 6 nitrogen and oxygen atoms in total. The molecule has 0 atom stereocenters. The lowest BCUT2D eigenvalue weighted by molar-refractivity contribution is -0.137. The van der Waals surface area contributed by atoms with Gasteiger partial charge in [0, 0.05) is 31.9 Å². The van der Waals surface area contributed by atoms with E-state index < -0.39 is 5.97 Å². The number of rotatable bonds is 4. The second-order valence-electron chi connectivity index (χ2n) is 4.80. The Balaban J connectivity index is 1.83. The molecule has 1 N–H and O–H groups in total. The molecule has 1 amide bonds. The summed E-state index contributed by atoms with van der Waals surface area (Å²) in [4.78, 5) is 32.1. The highest BCUT2D eigenvalue weighted by Gasteiger charge is 2.24. The number of aliphatic carboxylic acids is 1. The number of carboxylic acids is 1. The highest BCUT2D eigenvalue weighted by atomic mass is 16.4. The molecule has 2 heterocycles. The van der Waals surface area contributed by atoms with E-state index in [0.29, 0.717) is 31.0 Å². The van der Waals surface area contributed by atoms with Crippen LogP contribution in [0.15, 0.2) is 18.7 Å².